The van der Waals surface area contributed by atoms with Crippen molar-refractivity contribution >= 4 is 16.8 Å². The molecule has 0 radical (unpaired) electrons. The number of amides is 1. The molecule has 1 atom stereocenters. The van der Waals surface area contributed by atoms with Gasteiger partial charge in [-0.1, -0.05) is 25.1 Å². The molecule has 1 aromatic heterocycles. The normalized spacial score (nSPS) is 14.2. The van der Waals surface area contributed by atoms with E-state index < -0.39 is 0 Å². The standard InChI is InChI=1S/C15H21N3O2/c1-3-15(2,8-9-19)16-14(20)10-13-11-6-4-5-7-12(11)17-18-13/h4-7,19H,3,8-10H2,1-2H3,(H,16,20)(H,17,18). The Morgan fingerprint density at radius 3 is 2.90 bits per heavy atom. The third kappa shape index (κ3) is 3.17. The molecule has 20 heavy (non-hydrogen) atoms. The van der Waals surface area contributed by atoms with Crippen molar-refractivity contribution in [2.24, 2.45) is 0 Å². The number of benzene rings is 1. The fraction of sp³-hybridized carbons (Fsp3) is 0.467. The van der Waals surface area contributed by atoms with E-state index in [0.717, 1.165) is 23.0 Å². The average Bonchev–Trinajstić information content (AvgIpc) is 2.82. The fourth-order valence-electron chi connectivity index (χ4n) is 2.26. The molecule has 0 saturated heterocycles. The molecule has 0 fully saturated rings. The van der Waals surface area contributed by atoms with E-state index in [9.17, 15) is 4.79 Å². The highest BCUT2D eigenvalue weighted by molar-refractivity contribution is 5.87. The molecule has 1 aromatic carbocycles. The van der Waals surface area contributed by atoms with E-state index >= 15 is 0 Å². The molecule has 0 spiro atoms. The number of hydrogen-bond donors (Lipinski definition) is 3. The maximum Gasteiger partial charge on any atom is 0.226 e. The summed E-state index contributed by atoms with van der Waals surface area (Å²) in [5.74, 6) is -0.0581. The lowest BCUT2D eigenvalue weighted by atomic mass is 9.94. The maximum absolute atomic E-state index is 12.2. The van der Waals surface area contributed by atoms with Crippen LogP contribution in [0, 0.1) is 0 Å². The van der Waals surface area contributed by atoms with E-state index in [1.165, 1.54) is 0 Å². The summed E-state index contributed by atoms with van der Waals surface area (Å²) in [7, 11) is 0. The first-order valence-electron chi connectivity index (χ1n) is 6.92. The third-order valence-corrected chi connectivity index (χ3v) is 3.76. The molecule has 1 heterocycles. The van der Waals surface area contributed by atoms with Crippen LogP contribution in [0.1, 0.15) is 32.4 Å². The van der Waals surface area contributed by atoms with E-state index in [-0.39, 0.29) is 24.5 Å². The minimum atomic E-state index is -0.359. The van der Waals surface area contributed by atoms with E-state index in [1.54, 1.807) is 0 Å². The summed E-state index contributed by atoms with van der Waals surface area (Å²) in [6.45, 7) is 4.02. The van der Waals surface area contributed by atoms with Crippen LogP contribution in [0.25, 0.3) is 10.9 Å². The predicted octanol–water partition coefficient (Wildman–Crippen LogP) is 1.77. The van der Waals surface area contributed by atoms with Gasteiger partial charge in [-0.25, -0.2) is 0 Å². The summed E-state index contributed by atoms with van der Waals surface area (Å²) in [6.07, 6.45) is 1.60. The Labute approximate surface area is 118 Å². The predicted molar refractivity (Wildman–Crippen MR) is 78.3 cm³/mol. The van der Waals surface area contributed by atoms with Crippen LogP contribution in [0.3, 0.4) is 0 Å². The van der Waals surface area contributed by atoms with Crippen molar-refractivity contribution < 1.29 is 9.90 Å². The van der Waals surface area contributed by atoms with E-state index in [4.69, 9.17) is 5.11 Å². The zero-order valence-corrected chi connectivity index (χ0v) is 11.9. The van der Waals surface area contributed by atoms with Crippen molar-refractivity contribution in [2.75, 3.05) is 6.61 Å². The highest BCUT2D eigenvalue weighted by Crippen LogP contribution is 2.17. The number of aliphatic hydroxyl groups is 1. The van der Waals surface area contributed by atoms with Crippen molar-refractivity contribution in [1.82, 2.24) is 15.5 Å². The van der Waals surface area contributed by atoms with Gasteiger partial charge in [-0.2, -0.15) is 5.10 Å². The molecule has 3 N–H and O–H groups in total. The van der Waals surface area contributed by atoms with Gasteiger partial charge in [0.1, 0.15) is 0 Å². The lowest BCUT2D eigenvalue weighted by Gasteiger charge is -2.28. The Morgan fingerprint density at radius 1 is 1.45 bits per heavy atom. The van der Waals surface area contributed by atoms with Crippen LogP contribution >= 0.6 is 0 Å². The summed E-state index contributed by atoms with van der Waals surface area (Å²) in [5, 5.41) is 20.2. The largest absolute Gasteiger partial charge is 0.396 e. The molecule has 0 saturated carbocycles. The van der Waals surface area contributed by atoms with E-state index in [2.05, 4.69) is 15.5 Å². The van der Waals surface area contributed by atoms with Crippen LogP contribution in [0.15, 0.2) is 24.3 Å². The van der Waals surface area contributed by atoms with Crippen LogP contribution < -0.4 is 5.32 Å². The molecule has 0 aliphatic rings. The van der Waals surface area contributed by atoms with Crippen molar-refractivity contribution in [1.29, 1.82) is 0 Å². The monoisotopic (exact) mass is 275 g/mol. The van der Waals surface area contributed by atoms with Gasteiger partial charge < -0.3 is 10.4 Å². The second kappa shape index (κ2) is 6.05. The second-order valence-corrected chi connectivity index (χ2v) is 5.33. The quantitative estimate of drug-likeness (QED) is 0.752. The number of H-pyrrole nitrogens is 1. The zero-order valence-electron chi connectivity index (χ0n) is 11.9. The first kappa shape index (κ1) is 14.5. The van der Waals surface area contributed by atoms with Gasteiger partial charge in [0.25, 0.3) is 0 Å². The molecule has 5 heteroatoms. The van der Waals surface area contributed by atoms with Crippen molar-refractivity contribution in [3.05, 3.63) is 30.0 Å². The Kier molecular flexibility index (Phi) is 4.39. The highest BCUT2D eigenvalue weighted by Gasteiger charge is 2.24. The summed E-state index contributed by atoms with van der Waals surface area (Å²) >= 11 is 0. The summed E-state index contributed by atoms with van der Waals surface area (Å²) < 4.78 is 0. The first-order valence-corrected chi connectivity index (χ1v) is 6.92. The second-order valence-electron chi connectivity index (χ2n) is 5.33. The number of para-hydroxylation sites is 1. The number of aliphatic hydroxyl groups excluding tert-OH is 1. The Bertz CT molecular complexity index is 594. The molecule has 0 aliphatic heterocycles. The molecule has 108 valence electrons. The van der Waals surface area contributed by atoms with E-state index in [0.29, 0.717) is 6.42 Å². The molecule has 1 amide bonds. The van der Waals surface area contributed by atoms with Gasteiger partial charge in [0, 0.05) is 17.5 Å². The number of fused-ring (bicyclic) bond motifs is 1. The van der Waals surface area contributed by atoms with Gasteiger partial charge in [0.15, 0.2) is 0 Å². The number of nitrogens with zero attached hydrogens (tertiary/aromatic N) is 1. The first-order chi connectivity index (χ1) is 9.58. The van der Waals surface area contributed by atoms with Gasteiger partial charge in [0.2, 0.25) is 5.91 Å². The van der Waals surface area contributed by atoms with E-state index in [1.807, 2.05) is 38.1 Å². The molecule has 2 aromatic rings. The summed E-state index contributed by atoms with van der Waals surface area (Å²) in [4.78, 5) is 12.2. The minimum Gasteiger partial charge on any atom is -0.396 e. The number of nitrogens with one attached hydrogen (secondary N) is 2. The lowest BCUT2D eigenvalue weighted by molar-refractivity contribution is -0.122. The van der Waals surface area contributed by atoms with Crippen LogP contribution in [0.4, 0.5) is 0 Å². The fourth-order valence-corrected chi connectivity index (χ4v) is 2.26. The molecule has 0 aliphatic carbocycles. The summed E-state index contributed by atoms with van der Waals surface area (Å²) in [6, 6.07) is 7.72. The number of hydrogen-bond acceptors (Lipinski definition) is 3. The molecular weight excluding hydrogens is 254 g/mol. The number of rotatable bonds is 6. The third-order valence-electron chi connectivity index (χ3n) is 3.76. The SMILES string of the molecule is CCC(C)(CCO)NC(=O)Cc1[nH]nc2ccccc12. The zero-order chi connectivity index (χ0) is 14.6. The molecular formula is C15H21N3O2. The van der Waals surface area contributed by atoms with Gasteiger partial charge in [-0.05, 0) is 25.8 Å². The van der Waals surface area contributed by atoms with Gasteiger partial charge in [-0.15, -0.1) is 0 Å². The Morgan fingerprint density at radius 2 is 2.20 bits per heavy atom. The van der Waals surface area contributed by atoms with Crippen molar-refractivity contribution in [3.8, 4) is 0 Å². The van der Waals surface area contributed by atoms with Crippen molar-refractivity contribution in [2.45, 2.75) is 38.6 Å². The number of aromatic nitrogens is 2. The number of carbonyl (C=O) groups is 1. The maximum atomic E-state index is 12.2. The van der Waals surface area contributed by atoms with Gasteiger partial charge in [-0.3, -0.25) is 9.89 Å². The Hall–Kier alpha value is -1.88. The Balaban J connectivity index is 2.08. The average molecular weight is 275 g/mol. The van der Waals surface area contributed by atoms with Crippen LogP contribution in [-0.4, -0.2) is 33.4 Å². The topological polar surface area (TPSA) is 78.0 Å². The van der Waals surface area contributed by atoms with Crippen LogP contribution in [0.5, 0.6) is 0 Å². The smallest absolute Gasteiger partial charge is 0.226 e. The molecule has 0 bridgehead atoms. The number of aromatic amines is 1. The molecule has 5 nitrogen and oxygen atoms in total. The summed E-state index contributed by atoms with van der Waals surface area (Å²) in [5.41, 5.74) is 1.33. The minimum absolute atomic E-state index is 0.0581. The van der Waals surface area contributed by atoms with Gasteiger partial charge in [0.05, 0.1) is 17.6 Å². The number of carbonyl (C=O) groups excluding carboxylic acids is 1. The molecule has 1 unspecified atom stereocenters. The highest BCUT2D eigenvalue weighted by atomic mass is 16.3. The lowest BCUT2D eigenvalue weighted by Crippen LogP contribution is -2.46. The molecule has 2 rings (SSSR count). The van der Waals surface area contributed by atoms with Gasteiger partial charge >= 0.3 is 0 Å². The van der Waals surface area contributed by atoms with Crippen LogP contribution in [-0.2, 0) is 11.2 Å². The van der Waals surface area contributed by atoms with Crippen molar-refractivity contribution in [3.63, 3.8) is 0 Å². The van der Waals surface area contributed by atoms with Crippen LogP contribution in [0.2, 0.25) is 0 Å².